The van der Waals surface area contributed by atoms with E-state index in [1.165, 1.54) is 72.2 Å². The van der Waals surface area contributed by atoms with Gasteiger partial charge in [-0.15, -0.1) is 0 Å². The summed E-state index contributed by atoms with van der Waals surface area (Å²) in [6.07, 6.45) is 14.1. The topological polar surface area (TPSA) is 292 Å². The number of hydrogen-bond donors (Lipinski definition) is 6. The lowest BCUT2D eigenvalue weighted by Gasteiger charge is -2.19. The zero-order valence-electron chi connectivity index (χ0n) is 33.0. The Bertz CT molecular complexity index is 1610. The molecule has 4 heterocycles. The number of nitrogen functional groups attached to an aromatic ring is 2. The number of ether oxygens (including phenoxy) is 2. The van der Waals surface area contributed by atoms with Crippen LogP contribution in [0, 0.1) is 0 Å². The van der Waals surface area contributed by atoms with E-state index < -0.39 is 77.1 Å². The van der Waals surface area contributed by atoms with Gasteiger partial charge in [0.2, 0.25) is 0 Å². The number of phosphoric ester groups is 2. The van der Waals surface area contributed by atoms with Crippen molar-refractivity contribution in [3.63, 3.8) is 0 Å². The molecule has 2 fully saturated rings. The third-order valence-corrected chi connectivity index (χ3v) is 12.2. The Labute approximate surface area is 338 Å². The molecule has 8 N–H and O–H groups in total. The second-order valence-corrected chi connectivity index (χ2v) is 17.5. The summed E-state index contributed by atoms with van der Waals surface area (Å²) < 4.78 is 59.7. The van der Waals surface area contributed by atoms with Gasteiger partial charge in [0.25, 0.3) is 0 Å². The number of aliphatic hydroxyl groups is 2. The summed E-state index contributed by atoms with van der Waals surface area (Å²) in [6, 6.07) is 2.86. The van der Waals surface area contributed by atoms with Gasteiger partial charge < -0.3 is 40.9 Å². The Kier molecular flexibility index (Phi) is 20.4. The van der Waals surface area contributed by atoms with Crippen molar-refractivity contribution in [3.05, 3.63) is 45.5 Å². The maximum atomic E-state index is 12.5. The van der Waals surface area contributed by atoms with Crippen LogP contribution in [0.3, 0.4) is 0 Å². The molecule has 0 bridgehead atoms. The first-order valence-corrected chi connectivity index (χ1v) is 23.3. The lowest BCUT2D eigenvalue weighted by molar-refractivity contribution is -0.0463. The fourth-order valence-electron chi connectivity index (χ4n) is 7.02. The first kappa shape index (κ1) is 48.1. The van der Waals surface area contributed by atoms with Crippen LogP contribution in [0.1, 0.15) is 128 Å². The van der Waals surface area contributed by atoms with Crippen LogP contribution in [0.2, 0.25) is 0 Å². The van der Waals surface area contributed by atoms with Gasteiger partial charge in [0.1, 0.15) is 48.5 Å². The summed E-state index contributed by atoms with van der Waals surface area (Å²) in [5, 5.41) is 19.3. The lowest BCUT2D eigenvalue weighted by Crippen LogP contribution is -2.28. The molecule has 20 nitrogen and oxygen atoms in total. The van der Waals surface area contributed by atoms with Gasteiger partial charge in [-0.1, -0.05) is 89.9 Å². The van der Waals surface area contributed by atoms with Crippen LogP contribution >= 0.6 is 15.6 Å². The van der Waals surface area contributed by atoms with Crippen LogP contribution in [0.25, 0.3) is 0 Å². The molecule has 330 valence electrons. The second kappa shape index (κ2) is 24.6. The smallest absolute Gasteiger partial charge is 0.394 e. The van der Waals surface area contributed by atoms with Crippen LogP contribution in [-0.2, 0) is 36.7 Å². The van der Waals surface area contributed by atoms with Gasteiger partial charge in [-0.25, -0.2) is 18.7 Å². The molecule has 0 saturated carbocycles. The maximum absolute atomic E-state index is 12.5. The molecule has 2 saturated heterocycles. The number of nitrogens with two attached hydrogens (primary N) is 2. The molecule has 58 heavy (non-hydrogen) atoms. The molecule has 2 aliphatic heterocycles. The number of hydrogen-bond acceptors (Lipinski definition) is 16. The monoisotopic (exact) mass is 864 g/mol. The maximum Gasteiger partial charge on any atom is 0.472 e. The predicted octanol–water partition coefficient (Wildman–Crippen LogP) is 4.47. The van der Waals surface area contributed by atoms with Crippen LogP contribution in [-0.4, -0.2) is 89.9 Å². The van der Waals surface area contributed by atoms with E-state index in [2.05, 4.69) is 9.97 Å². The minimum atomic E-state index is -4.40. The highest BCUT2D eigenvalue weighted by molar-refractivity contribution is 7.47. The van der Waals surface area contributed by atoms with Gasteiger partial charge in [-0.3, -0.25) is 27.2 Å². The van der Waals surface area contributed by atoms with Crippen molar-refractivity contribution in [2.45, 2.75) is 152 Å². The first-order valence-electron chi connectivity index (χ1n) is 20.3. The van der Waals surface area contributed by atoms with E-state index in [-0.39, 0.29) is 37.7 Å². The van der Waals surface area contributed by atoms with Crippen LogP contribution < -0.4 is 22.8 Å². The number of anilines is 2. The Balaban J connectivity index is 0.914. The molecule has 0 spiro atoms. The van der Waals surface area contributed by atoms with Gasteiger partial charge >= 0.3 is 27.0 Å². The van der Waals surface area contributed by atoms with Crippen molar-refractivity contribution < 1.29 is 56.7 Å². The molecule has 8 atom stereocenters. The summed E-state index contributed by atoms with van der Waals surface area (Å²) >= 11 is 0. The zero-order chi connectivity index (χ0) is 42.0. The highest BCUT2D eigenvalue weighted by Crippen LogP contribution is 2.49. The SMILES string of the molecule is Nc1ccn([C@H]2C[C@H](OP(=O)(O)OCCCCCCCCCCCCCCCCCCOP(=O)(O)O[C@H]3C[C@H](n4ccc(N)nc4=O)O[C@@H]3CO)[C@@H](CO)O2)c(=O)n1. The summed E-state index contributed by atoms with van der Waals surface area (Å²) in [5.41, 5.74) is 9.78. The summed E-state index contributed by atoms with van der Waals surface area (Å²) in [6.45, 7) is -0.805. The molecule has 0 amide bonds. The largest absolute Gasteiger partial charge is 0.472 e. The van der Waals surface area contributed by atoms with Gasteiger partial charge in [0.15, 0.2) is 0 Å². The standard InChI is InChI=1S/C36H62N6O14P2/c37-31-17-19-41(35(45)39-31)33-23-27(29(25-43)53-33)55-57(47,48)51-21-15-13-11-9-7-5-3-1-2-4-6-8-10-12-14-16-22-52-58(49,50)56-28-24-34(54-30(28)26-44)42-20-18-32(38)40-36(42)46/h17-20,27-30,33-34,43-44H,1-16,21-26H2,(H,47,48)(H,49,50)(H2,37,39,45)(H2,38,40,46)/t27-,28-,29+,30+,33+,34+/m0/s1. The number of aromatic nitrogens is 4. The van der Waals surface area contributed by atoms with Crippen molar-refractivity contribution in [2.24, 2.45) is 0 Å². The summed E-state index contributed by atoms with van der Waals surface area (Å²) in [4.78, 5) is 52.0. The fourth-order valence-corrected chi connectivity index (χ4v) is 8.99. The number of nitrogens with zero attached hydrogens (tertiary/aromatic N) is 4. The average molecular weight is 865 g/mol. The second-order valence-electron chi connectivity index (χ2n) is 14.7. The number of aliphatic hydroxyl groups excluding tert-OH is 2. The lowest BCUT2D eigenvalue weighted by atomic mass is 10.0. The first-order chi connectivity index (χ1) is 27.8. The molecule has 2 aliphatic rings. The number of phosphoric acid groups is 2. The van der Waals surface area contributed by atoms with Gasteiger partial charge in [0.05, 0.1) is 26.4 Å². The van der Waals surface area contributed by atoms with E-state index in [0.717, 1.165) is 51.4 Å². The molecule has 22 heteroatoms. The van der Waals surface area contributed by atoms with Crippen molar-refractivity contribution in [1.29, 1.82) is 0 Å². The van der Waals surface area contributed by atoms with Crippen LogP contribution in [0.5, 0.6) is 0 Å². The Morgan fingerprint density at radius 2 is 0.914 bits per heavy atom. The Hall–Kier alpha value is -2.58. The molecule has 2 aromatic heterocycles. The van der Waals surface area contributed by atoms with Crippen molar-refractivity contribution in [3.8, 4) is 0 Å². The predicted molar refractivity (Wildman–Crippen MR) is 212 cm³/mol. The van der Waals surface area contributed by atoms with Crippen LogP contribution in [0.15, 0.2) is 34.1 Å². The van der Waals surface area contributed by atoms with Gasteiger partial charge in [-0.05, 0) is 25.0 Å². The molecule has 4 rings (SSSR count). The summed E-state index contributed by atoms with van der Waals surface area (Å²) in [5.74, 6) is 0.116. The summed E-state index contributed by atoms with van der Waals surface area (Å²) in [7, 11) is -8.80. The number of rotatable bonds is 29. The van der Waals surface area contributed by atoms with E-state index in [0.29, 0.717) is 12.8 Å². The van der Waals surface area contributed by atoms with E-state index in [9.17, 15) is 38.7 Å². The molecule has 0 aromatic carbocycles. The van der Waals surface area contributed by atoms with E-state index in [1.54, 1.807) is 0 Å². The molecule has 2 aromatic rings. The molecular weight excluding hydrogens is 802 g/mol. The Morgan fingerprint density at radius 1 is 0.603 bits per heavy atom. The highest BCUT2D eigenvalue weighted by Gasteiger charge is 2.43. The average Bonchev–Trinajstić information content (AvgIpc) is 3.76. The minimum Gasteiger partial charge on any atom is -0.394 e. The molecule has 0 radical (unpaired) electrons. The quantitative estimate of drug-likeness (QED) is 0.0486. The molecule has 2 unspecified atom stereocenters. The minimum absolute atomic E-state index is 0.0502. The molecular formula is C36H62N6O14P2. The van der Waals surface area contributed by atoms with Crippen molar-refractivity contribution >= 4 is 27.3 Å². The normalized spacial score (nSPS) is 24.2. The zero-order valence-corrected chi connectivity index (χ0v) is 34.8. The highest BCUT2D eigenvalue weighted by atomic mass is 31.2. The van der Waals surface area contributed by atoms with E-state index in [4.69, 9.17) is 39.0 Å². The van der Waals surface area contributed by atoms with Gasteiger partial charge in [-0.2, -0.15) is 9.97 Å². The molecule has 0 aliphatic carbocycles. The Morgan fingerprint density at radius 3 is 1.21 bits per heavy atom. The van der Waals surface area contributed by atoms with Crippen LogP contribution in [0.4, 0.5) is 11.6 Å². The van der Waals surface area contributed by atoms with Crippen molar-refractivity contribution in [1.82, 2.24) is 19.1 Å². The fraction of sp³-hybridized carbons (Fsp3) is 0.778. The third kappa shape index (κ3) is 16.5. The van der Waals surface area contributed by atoms with Gasteiger partial charge in [0, 0.05) is 25.2 Å². The number of unbranched alkanes of at least 4 members (excludes halogenated alkanes) is 15. The van der Waals surface area contributed by atoms with E-state index >= 15 is 0 Å². The third-order valence-electron chi connectivity index (χ3n) is 10.1. The van der Waals surface area contributed by atoms with Crippen molar-refractivity contribution in [2.75, 3.05) is 37.9 Å². The van der Waals surface area contributed by atoms with E-state index in [1.807, 2.05) is 0 Å².